The van der Waals surface area contributed by atoms with Crippen molar-refractivity contribution in [3.05, 3.63) is 30.1 Å². The first-order valence-corrected chi connectivity index (χ1v) is 6.70. The van der Waals surface area contributed by atoms with Crippen molar-refractivity contribution in [2.24, 2.45) is 5.73 Å². The summed E-state index contributed by atoms with van der Waals surface area (Å²) in [6.45, 7) is 1.65. The van der Waals surface area contributed by atoms with E-state index < -0.39 is 11.5 Å². The van der Waals surface area contributed by atoms with Gasteiger partial charge in [0, 0.05) is 4.90 Å². The topological polar surface area (TPSA) is 52.3 Å². The Kier molecular flexibility index (Phi) is 5.62. The number of halogens is 1. The molecule has 2 N–H and O–H groups in total. The van der Waals surface area contributed by atoms with E-state index in [1.54, 1.807) is 25.1 Å². The third-order valence-electron chi connectivity index (χ3n) is 2.59. The van der Waals surface area contributed by atoms with E-state index in [0.29, 0.717) is 17.1 Å². The Labute approximate surface area is 111 Å². The predicted octanol–water partition coefficient (Wildman–Crippen LogP) is 2.59. The number of benzene rings is 1. The molecule has 3 nitrogen and oxygen atoms in total. The Balaban J connectivity index is 2.35. The third-order valence-corrected chi connectivity index (χ3v) is 3.72. The summed E-state index contributed by atoms with van der Waals surface area (Å²) in [5.74, 6) is 0.0782. The number of carbonyl (C=O) groups excluding carboxylic acids is 1. The minimum absolute atomic E-state index is 0.217. The van der Waals surface area contributed by atoms with Crippen LogP contribution < -0.4 is 5.73 Å². The van der Waals surface area contributed by atoms with Gasteiger partial charge < -0.3 is 10.5 Å². The summed E-state index contributed by atoms with van der Waals surface area (Å²) in [4.78, 5) is 12.0. The minimum atomic E-state index is -0.968. The maximum Gasteiger partial charge on any atom is 0.325 e. The fourth-order valence-electron chi connectivity index (χ4n) is 1.52. The van der Waals surface area contributed by atoms with Crippen LogP contribution in [0.15, 0.2) is 29.2 Å². The van der Waals surface area contributed by atoms with Crippen LogP contribution in [-0.2, 0) is 9.53 Å². The van der Waals surface area contributed by atoms with Crippen molar-refractivity contribution in [2.45, 2.75) is 30.2 Å². The predicted molar refractivity (Wildman–Crippen MR) is 71.0 cm³/mol. The zero-order valence-corrected chi connectivity index (χ0v) is 11.4. The molecule has 0 spiro atoms. The standard InChI is InChI=1S/C13H18FNO2S/c1-13(15,12(16)17-2)8-5-9-18-11-7-4-3-6-10(11)14/h3-4,6-7H,5,8-9,15H2,1-2H3. The minimum Gasteiger partial charge on any atom is -0.468 e. The second kappa shape index (κ2) is 6.75. The van der Waals surface area contributed by atoms with Gasteiger partial charge in [0.15, 0.2) is 0 Å². The summed E-state index contributed by atoms with van der Waals surface area (Å²) >= 11 is 1.42. The van der Waals surface area contributed by atoms with E-state index in [4.69, 9.17) is 5.73 Å². The highest BCUT2D eigenvalue weighted by molar-refractivity contribution is 7.99. The molecule has 0 aliphatic carbocycles. The lowest BCUT2D eigenvalue weighted by molar-refractivity contribution is -0.146. The fraction of sp³-hybridized carbons (Fsp3) is 0.462. The van der Waals surface area contributed by atoms with Crippen LogP contribution in [0.25, 0.3) is 0 Å². The van der Waals surface area contributed by atoms with Crippen LogP contribution in [0.5, 0.6) is 0 Å². The average molecular weight is 271 g/mol. The van der Waals surface area contributed by atoms with Crippen LogP contribution in [0, 0.1) is 5.82 Å². The summed E-state index contributed by atoms with van der Waals surface area (Å²) < 4.78 is 17.9. The maximum atomic E-state index is 13.3. The van der Waals surface area contributed by atoms with E-state index >= 15 is 0 Å². The molecule has 18 heavy (non-hydrogen) atoms. The van der Waals surface area contributed by atoms with Gasteiger partial charge >= 0.3 is 5.97 Å². The number of carbonyl (C=O) groups is 1. The number of hydrogen-bond acceptors (Lipinski definition) is 4. The zero-order chi connectivity index (χ0) is 13.6. The molecule has 1 aromatic carbocycles. The van der Waals surface area contributed by atoms with Crippen LogP contribution in [0.1, 0.15) is 19.8 Å². The summed E-state index contributed by atoms with van der Waals surface area (Å²) in [6.07, 6.45) is 1.24. The highest BCUT2D eigenvalue weighted by atomic mass is 32.2. The van der Waals surface area contributed by atoms with Crippen molar-refractivity contribution in [3.8, 4) is 0 Å². The van der Waals surface area contributed by atoms with Gasteiger partial charge in [-0.3, -0.25) is 4.79 Å². The van der Waals surface area contributed by atoms with E-state index in [2.05, 4.69) is 4.74 Å². The van der Waals surface area contributed by atoms with Gasteiger partial charge in [-0.1, -0.05) is 12.1 Å². The van der Waals surface area contributed by atoms with E-state index in [9.17, 15) is 9.18 Å². The second-order valence-corrected chi connectivity index (χ2v) is 5.43. The van der Waals surface area contributed by atoms with E-state index in [-0.39, 0.29) is 5.82 Å². The lowest BCUT2D eigenvalue weighted by Crippen LogP contribution is -2.45. The lowest BCUT2D eigenvalue weighted by Gasteiger charge is -2.20. The smallest absolute Gasteiger partial charge is 0.325 e. The Hall–Kier alpha value is -1.07. The van der Waals surface area contributed by atoms with Crippen molar-refractivity contribution in [2.75, 3.05) is 12.9 Å². The summed E-state index contributed by atoms with van der Waals surface area (Å²) in [7, 11) is 1.32. The Morgan fingerprint density at radius 1 is 1.50 bits per heavy atom. The van der Waals surface area contributed by atoms with Crippen molar-refractivity contribution in [1.29, 1.82) is 0 Å². The molecule has 0 aliphatic rings. The number of hydrogen-bond donors (Lipinski definition) is 1. The first kappa shape index (κ1) is 15.0. The number of nitrogens with two attached hydrogens (primary N) is 1. The lowest BCUT2D eigenvalue weighted by atomic mass is 9.98. The summed E-state index contributed by atoms with van der Waals surface area (Å²) in [5, 5.41) is 0. The molecule has 1 atom stereocenters. The number of rotatable bonds is 6. The molecule has 0 saturated heterocycles. The summed E-state index contributed by atoms with van der Waals surface area (Å²) in [6, 6.07) is 6.63. The molecular weight excluding hydrogens is 253 g/mol. The third kappa shape index (κ3) is 4.31. The fourth-order valence-corrected chi connectivity index (χ4v) is 2.41. The second-order valence-electron chi connectivity index (χ2n) is 4.29. The van der Waals surface area contributed by atoms with Crippen molar-refractivity contribution in [3.63, 3.8) is 0 Å². The quantitative estimate of drug-likeness (QED) is 0.491. The van der Waals surface area contributed by atoms with Crippen molar-refractivity contribution in [1.82, 2.24) is 0 Å². The van der Waals surface area contributed by atoms with Gasteiger partial charge in [0.25, 0.3) is 0 Å². The zero-order valence-electron chi connectivity index (χ0n) is 10.6. The van der Waals surface area contributed by atoms with E-state index in [1.807, 2.05) is 0 Å². The van der Waals surface area contributed by atoms with Crippen LogP contribution in [0.2, 0.25) is 0 Å². The first-order chi connectivity index (χ1) is 8.47. The van der Waals surface area contributed by atoms with Gasteiger partial charge in [0.1, 0.15) is 11.4 Å². The largest absolute Gasteiger partial charge is 0.468 e. The molecule has 1 aromatic rings. The molecule has 0 aliphatic heterocycles. The molecule has 5 heteroatoms. The molecule has 1 unspecified atom stereocenters. The highest BCUT2D eigenvalue weighted by Gasteiger charge is 2.28. The van der Waals surface area contributed by atoms with Gasteiger partial charge in [0.05, 0.1) is 7.11 Å². The molecule has 0 aromatic heterocycles. The molecule has 1 rings (SSSR count). The molecule has 100 valence electrons. The highest BCUT2D eigenvalue weighted by Crippen LogP contribution is 2.23. The van der Waals surface area contributed by atoms with Gasteiger partial charge in [0.2, 0.25) is 0 Å². The normalized spacial score (nSPS) is 14.0. The Morgan fingerprint density at radius 2 is 2.17 bits per heavy atom. The molecule has 0 bridgehead atoms. The molecule has 0 amide bonds. The number of ether oxygens (including phenoxy) is 1. The molecule has 0 radical (unpaired) electrons. The monoisotopic (exact) mass is 271 g/mol. The van der Waals surface area contributed by atoms with Crippen LogP contribution in [0.3, 0.4) is 0 Å². The van der Waals surface area contributed by atoms with Gasteiger partial charge in [-0.15, -0.1) is 11.8 Å². The Morgan fingerprint density at radius 3 is 2.78 bits per heavy atom. The van der Waals surface area contributed by atoms with Gasteiger partial charge in [-0.05, 0) is 37.7 Å². The van der Waals surface area contributed by atoms with Crippen LogP contribution >= 0.6 is 11.8 Å². The molecular formula is C13H18FNO2S. The van der Waals surface area contributed by atoms with Crippen molar-refractivity contribution >= 4 is 17.7 Å². The Bertz CT molecular complexity index is 410. The SMILES string of the molecule is COC(=O)C(C)(N)CCCSc1ccccc1F. The molecule has 0 saturated carbocycles. The average Bonchev–Trinajstić information content (AvgIpc) is 2.35. The molecule has 0 heterocycles. The van der Waals surface area contributed by atoms with Crippen LogP contribution in [0.4, 0.5) is 4.39 Å². The first-order valence-electron chi connectivity index (χ1n) is 5.72. The van der Waals surface area contributed by atoms with Crippen LogP contribution in [-0.4, -0.2) is 24.4 Å². The van der Waals surface area contributed by atoms with Gasteiger partial charge in [-0.25, -0.2) is 4.39 Å². The maximum absolute atomic E-state index is 13.3. The van der Waals surface area contributed by atoms with E-state index in [1.165, 1.54) is 24.9 Å². The van der Waals surface area contributed by atoms with Crippen molar-refractivity contribution < 1.29 is 13.9 Å². The number of thioether (sulfide) groups is 1. The summed E-state index contributed by atoms with van der Waals surface area (Å²) in [5.41, 5.74) is 4.85. The number of methoxy groups -OCH3 is 1. The van der Waals surface area contributed by atoms with Gasteiger partial charge in [-0.2, -0.15) is 0 Å². The number of esters is 1. The van der Waals surface area contributed by atoms with E-state index in [0.717, 1.165) is 6.42 Å². The molecule has 0 fully saturated rings.